The highest BCUT2D eigenvalue weighted by atomic mass is 31.2. The number of hydrogen-bond acceptors (Lipinski definition) is 6. The molecule has 1 fully saturated rings. The van der Waals surface area contributed by atoms with Crippen LogP contribution in [0.2, 0.25) is 0 Å². The lowest BCUT2D eigenvalue weighted by atomic mass is 10.2. The smallest absolute Gasteiger partial charge is 0.262 e. The number of quaternary nitrogens is 1. The van der Waals surface area contributed by atoms with E-state index in [0.29, 0.717) is 19.6 Å². The quantitative estimate of drug-likeness (QED) is 0.272. The first-order chi connectivity index (χ1) is 9.85. The lowest BCUT2D eigenvalue weighted by Crippen LogP contribution is -2.85. The number of piperidine rings is 1. The molecule has 7 N–H and O–H groups in total. The molecule has 10 heteroatoms. The molecular weight excluding hydrogens is 303 g/mol. The van der Waals surface area contributed by atoms with E-state index in [0.717, 1.165) is 0 Å². The number of aliphatic hydroxyl groups is 3. The highest BCUT2D eigenvalue weighted by Crippen LogP contribution is 2.18. The number of nitrogens with zero attached hydrogens (tertiary/aromatic N) is 1. The van der Waals surface area contributed by atoms with Gasteiger partial charge in [-0.15, -0.1) is 0 Å². The normalized spacial score (nSPS) is 14.8. The van der Waals surface area contributed by atoms with Gasteiger partial charge in [-0.3, -0.25) is 9.46 Å². The Labute approximate surface area is 125 Å². The van der Waals surface area contributed by atoms with Crippen molar-refractivity contribution in [3.63, 3.8) is 0 Å². The number of phosphoric acid groups is 1. The SMILES string of the molecule is C1CC[NH2+]CC1.O=P([O-])(O)O.OCCN(CCO)CCO. The number of rotatable bonds is 6. The van der Waals surface area contributed by atoms with E-state index in [9.17, 15) is 0 Å². The zero-order valence-electron chi connectivity index (χ0n) is 12.3. The van der Waals surface area contributed by atoms with Crippen LogP contribution in [0.15, 0.2) is 0 Å². The molecular formula is C11H29N2O7P. The van der Waals surface area contributed by atoms with Crippen LogP contribution in [0.1, 0.15) is 19.3 Å². The summed E-state index contributed by atoms with van der Waals surface area (Å²) in [5, 5.41) is 27.8. The first-order valence-corrected chi connectivity index (χ1v) is 8.51. The zero-order valence-corrected chi connectivity index (χ0v) is 13.2. The minimum atomic E-state index is -4.89. The summed E-state index contributed by atoms with van der Waals surface area (Å²) in [5.74, 6) is 0. The predicted octanol–water partition coefficient (Wildman–Crippen LogP) is -3.56. The van der Waals surface area contributed by atoms with Crippen LogP contribution in [0, 0.1) is 0 Å². The largest absolute Gasteiger partial charge is 0.756 e. The molecule has 0 aliphatic carbocycles. The molecule has 9 nitrogen and oxygen atoms in total. The molecule has 21 heavy (non-hydrogen) atoms. The topological polar surface area (TPSA) is 161 Å². The third-order valence-corrected chi connectivity index (χ3v) is 2.57. The van der Waals surface area contributed by atoms with Gasteiger partial charge in [-0.2, -0.15) is 0 Å². The van der Waals surface area contributed by atoms with Crippen LogP contribution in [-0.4, -0.2) is 82.6 Å². The van der Waals surface area contributed by atoms with E-state index in [1.807, 2.05) is 0 Å². The number of aliphatic hydroxyl groups excluding tert-OH is 3. The van der Waals surface area contributed by atoms with E-state index in [2.05, 4.69) is 5.32 Å². The standard InChI is InChI=1S/C6H15NO3.C5H11N.H3O4P/c8-4-1-7(2-5-9)3-6-10;1-2-4-6-5-3-1;1-5(2,3)4/h8-10H,1-6H2;6H,1-5H2;(H3,1,2,3,4). The van der Waals surface area contributed by atoms with Gasteiger partial charge in [0.15, 0.2) is 0 Å². The molecule has 1 rings (SSSR count). The molecule has 0 unspecified atom stereocenters. The van der Waals surface area contributed by atoms with E-state index < -0.39 is 7.82 Å². The fraction of sp³-hybridized carbons (Fsp3) is 1.00. The van der Waals surface area contributed by atoms with E-state index in [4.69, 9.17) is 34.6 Å². The molecule has 1 aliphatic rings. The third kappa shape index (κ3) is 28.7. The van der Waals surface area contributed by atoms with Gasteiger partial charge in [-0.25, -0.2) is 0 Å². The van der Waals surface area contributed by atoms with Gasteiger partial charge in [0.1, 0.15) is 0 Å². The number of hydrogen-bond donors (Lipinski definition) is 6. The van der Waals surface area contributed by atoms with Crippen molar-refractivity contribution in [2.45, 2.75) is 19.3 Å². The Morgan fingerprint density at radius 1 is 0.905 bits per heavy atom. The van der Waals surface area contributed by atoms with Gasteiger partial charge >= 0.3 is 0 Å². The van der Waals surface area contributed by atoms with Crippen molar-refractivity contribution < 1.29 is 39.9 Å². The van der Waals surface area contributed by atoms with Crippen molar-refractivity contribution >= 4 is 7.82 Å². The van der Waals surface area contributed by atoms with Crippen molar-refractivity contribution in [3.05, 3.63) is 0 Å². The van der Waals surface area contributed by atoms with Crippen LogP contribution >= 0.6 is 7.82 Å². The van der Waals surface area contributed by atoms with Gasteiger partial charge in [-0.1, -0.05) is 0 Å². The van der Waals surface area contributed by atoms with E-state index in [1.54, 1.807) is 4.90 Å². The Morgan fingerprint density at radius 2 is 1.24 bits per heavy atom. The Hall–Kier alpha value is -0.0900. The summed E-state index contributed by atoms with van der Waals surface area (Å²) >= 11 is 0. The second-order valence-corrected chi connectivity index (χ2v) is 5.41. The summed E-state index contributed by atoms with van der Waals surface area (Å²) in [7, 11) is -4.89. The lowest BCUT2D eigenvalue weighted by Gasteiger charge is -2.17. The van der Waals surface area contributed by atoms with E-state index in [1.165, 1.54) is 32.4 Å². The third-order valence-electron chi connectivity index (χ3n) is 2.57. The van der Waals surface area contributed by atoms with Crippen LogP contribution in [0.25, 0.3) is 0 Å². The van der Waals surface area contributed by atoms with Crippen LogP contribution in [0.4, 0.5) is 0 Å². The van der Waals surface area contributed by atoms with Gasteiger partial charge in [0.25, 0.3) is 7.82 Å². The maximum absolute atomic E-state index is 8.77. The average Bonchev–Trinajstić information content (AvgIpc) is 2.40. The van der Waals surface area contributed by atoms with Crippen LogP contribution in [0.5, 0.6) is 0 Å². The van der Waals surface area contributed by atoms with Gasteiger partial charge in [0.2, 0.25) is 0 Å². The van der Waals surface area contributed by atoms with Gasteiger partial charge in [-0.05, 0) is 19.3 Å². The summed E-state index contributed by atoms with van der Waals surface area (Å²) in [4.78, 5) is 24.7. The molecule has 130 valence electrons. The molecule has 0 atom stereocenters. The fourth-order valence-corrected chi connectivity index (χ4v) is 1.66. The van der Waals surface area contributed by atoms with Gasteiger partial charge < -0.3 is 35.3 Å². The Morgan fingerprint density at radius 3 is 1.38 bits per heavy atom. The Bertz CT molecular complexity index is 215. The highest BCUT2D eigenvalue weighted by molar-refractivity contribution is 7.43. The average molecular weight is 332 g/mol. The maximum atomic E-state index is 8.77. The molecule has 0 spiro atoms. The van der Waals surface area contributed by atoms with Gasteiger partial charge in [0, 0.05) is 19.6 Å². The highest BCUT2D eigenvalue weighted by Gasteiger charge is 2.00. The lowest BCUT2D eigenvalue weighted by molar-refractivity contribution is -0.662. The molecule has 1 aliphatic heterocycles. The van der Waals surface area contributed by atoms with Crippen molar-refractivity contribution in [1.29, 1.82) is 0 Å². The molecule has 0 saturated carbocycles. The van der Waals surface area contributed by atoms with Crippen molar-refractivity contribution in [1.82, 2.24) is 4.90 Å². The number of nitrogens with two attached hydrogens (primary N) is 1. The molecule has 1 heterocycles. The first kappa shape index (κ1) is 23.2. The van der Waals surface area contributed by atoms with Crippen molar-refractivity contribution in [2.75, 3.05) is 52.5 Å². The maximum Gasteiger partial charge on any atom is 0.262 e. The monoisotopic (exact) mass is 332 g/mol. The van der Waals surface area contributed by atoms with Crippen molar-refractivity contribution in [2.24, 2.45) is 0 Å². The first-order valence-electron chi connectivity index (χ1n) is 6.98. The summed E-state index contributed by atoms with van der Waals surface area (Å²) in [6.45, 7) is 4.50. The van der Waals surface area contributed by atoms with Crippen LogP contribution < -0.4 is 10.2 Å². The molecule has 0 aromatic heterocycles. The molecule has 0 radical (unpaired) electrons. The molecule has 0 aromatic carbocycles. The molecule has 0 amide bonds. The van der Waals surface area contributed by atoms with Crippen LogP contribution in [-0.2, 0) is 4.57 Å². The predicted molar refractivity (Wildman–Crippen MR) is 75.3 cm³/mol. The van der Waals surface area contributed by atoms with Gasteiger partial charge in [0.05, 0.1) is 32.9 Å². The fourth-order valence-electron chi connectivity index (χ4n) is 1.66. The zero-order chi connectivity index (χ0) is 16.6. The summed E-state index contributed by atoms with van der Waals surface area (Å²) in [6.07, 6.45) is 4.36. The summed E-state index contributed by atoms with van der Waals surface area (Å²) in [6, 6.07) is 0. The summed E-state index contributed by atoms with van der Waals surface area (Å²) in [5.41, 5.74) is 0. The van der Waals surface area contributed by atoms with Crippen molar-refractivity contribution in [3.8, 4) is 0 Å². The minimum absolute atomic E-state index is 0.0694. The minimum Gasteiger partial charge on any atom is -0.756 e. The molecule has 0 bridgehead atoms. The molecule has 0 aromatic rings. The Balaban J connectivity index is 0. The van der Waals surface area contributed by atoms with E-state index >= 15 is 0 Å². The summed E-state index contributed by atoms with van der Waals surface area (Å²) < 4.78 is 8.77. The second kappa shape index (κ2) is 16.3. The second-order valence-electron chi connectivity index (χ2n) is 4.43. The molecule has 1 saturated heterocycles. The van der Waals surface area contributed by atoms with Crippen LogP contribution in [0.3, 0.4) is 0 Å². The Kier molecular flexibility index (Phi) is 18.0. The van der Waals surface area contributed by atoms with E-state index in [-0.39, 0.29) is 19.8 Å².